The quantitative estimate of drug-likeness (QED) is 0.653. The van der Waals surface area contributed by atoms with E-state index in [-0.39, 0.29) is 0 Å². The van der Waals surface area contributed by atoms with Crippen molar-refractivity contribution in [3.63, 3.8) is 0 Å². The van der Waals surface area contributed by atoms with Gasteiger partial charge in [-0.1, -0.05) is 19.8 Å². The molecule has 0 saturated heterocycles. The van der Waals surface area contributed by atoms with E-state index in [1.165, 1.54) is 31.2 Å². The third-order valence-electron chi connectivity index (χ3n) is 3.90. The van der Waals surface area contributed by atoms with Crippen molar-refractivity contribution < 1.29 is 0 Å². The van der Waals surface area contributed by atoms with Crippen molar-refractivity contribution in [1.29, 1.82) is 0 Å². The molecule has 112 valence electrons. The maximum absolute atomic E-state index is 4.31. The average Bonchev–Trinajstić information content (AvgIpc) is 2.83. The molecule has 1 aromatic rings. The summed E-state index contributed by atoms with van der Waals surface area (Å²) in [7, 11) is 1.83. The van der Waals surface area contributed by atoms with E-state index in [1.54, 1.807) is 0 Å². The van der Waals surface area contributed by atoms with E-state index in [9.17, 15) is 0 Å². The number of aryl methyl sites for hydroxylation is 1. The van der Waals surface area contributed by atoms with Crippen molar-refractivity contribution in [2.24, 2.45) is 10.9 Å². The Hall–Kier alpha value is -1.52. The molecule has 2 unspecified atom stereocenters. The monoisotopic (exact) mass is 277 g/mol. The lowest BCUT2D eigenvalue weighted by molar-refractivity contribution is 0.324. The van der Waals surface area contributed by atoms with Crippen LogP contribution in [0.2, 0.25) is 0 Å². The predicted molar refractivity (Wildman–Crippen MR) is 82.9 cm³/mol. The normalized spacial score (nSPS) is 23.6. The van der Waals surface area contributed by atoms with Gasteiger partial charge in [0.15, 0.2) is 5.96 Å². The van der Waals surface area contributed by atoms with E-state index >= 15 is 0 Å². The highest BCUT2D eigenvalue weighted by molar-refractivity contribution is 5.79. The van der Waals surface area contributed by atoms with Crippen LogP contribution in [-0.2, 0) is 6.54 Å². The number of hydrogen-bond acceptors (Lipinski definition) is 2. The van der Waals surface area contributed by atoms with Crippen LogP contribution in [0.15, 0.2) is 17.4 Å². The summed E-state index contributed by atoms with van der Waals surface area (Å²) >= 11 is 0. The van der Waals surface area contributed by atoms with Gasteiger partial charge in [-0.15, -0.1) is 0 Å². The van der Waals surface area contributed by atoms with Crippen molar-refractivity contribution in [2.75, 3.05) is 13.6 Å². The fourth-order valence-corrected chi connectivity index (χ4v) is 2.83. The van der Waals surface area contributed by atoms with Gasteiger partial charge < -0.3 is 10.6 Å². The highest BCUT2D eigenvalue weighted by atomic mass is 15.3. The van der Waals surface area contributed by atoms with Crippen LogP contribution < -0.4 is 10.6 Å². The zero-order chi connectivity index (χ0) is 14.4. The van der Waals surface area contributed by atoms with Crippen molar-refractivity contribution >= 4 is 5.96 Å². The van der Waals surface area contributed by atoms with Gasteiger partial charge in [0.25, 0.3) is 0 Å². The second-order valence-corrected chi connectivity index (χ2v) is 5.89. The number of aliphatic imine (C=N–C) groups is 1. The van der Waals surface area contributed by atoms with Crippen molar-refractivity contribution in [3.05, 3.63) is 18.0 Å². The molecule has 0 amide bonds. The number of nitrogens with zero attached hydrogens (tertiary/aromatic N) is 3. The SMILES string of the molecule is CN=C(NCCn1cc(C)cn1)NC1CCCC(C)C1. The first-order valence-corrected chi connectivity index (χ1v) is 7.63. The van der Waals surface area contributed by atoms with E-state index < -0.39 is 0 Å². The van der Waals surface area contributed by atoms with Gasteiger partial charge >= 0.3 is 0 Å². The molecule has 1 aliphatic rings. The molecule has 2 rings (SSSR count). The molecular formula is C15H27N5. The smallest absolute Gasteiger partial charge is 0.191 e. The van der Waals surface area contributed by atoms with E-state index in [1.807, 2.05) is 17.9 Å². The molecule has 1 saturated carbocycles. The maximum atomic E-state index is 4.31. The molecule has 1 heterocycles. The number of rotatable bonds is 4. The van der Waals surface area contributed by atoms with Crippen molar-refractivity contribution in [2.45, 2.75) is 52.1 Å². The molecular weight excluding hydrogens is 250 g/mol. The second-order valence-electron chi connectivity index (χ2n) is 5.89. The van der Waals surface area contributed by atoms with E-state index in [0.29, 0.717) is 6.04 Å². The van der Waals surface area contributed by atoms with Crippen LogP contribution in [0.1, 0.15) is 38.2 Å². The van der Waals surface area contributed by atoms with Gasteiger partial charge in [0.1, 0.15) is 0 Å². The van der Waals surface area contributed by atoms with Crippen LogP contribution in [0.3, 0.4) is 0 Å². The molecule has 5 nitrogen and oxygen atoms in total. The molecule has 0 radical (unpaired) electrons. The van der Waals surface area contributed by atoms with Crippen LogP contribution in [-0.4, -0.2) is 35.4 Å². The Morgan fingerprint density at radius 1 is 1.50 bits per heavy atom. The Labute approximate surface area is 121 Å². The number of guanidine groups is 1. The Morgan fingerprint density at radius 2 is 2.35 bits per heavy atom. The highest BCUT2D eigenvalue weighted by Crippen LogP contribution is 2.23. The van der Waals surface area contributed by atoms with E-state index in [0.717, 1.165) is 25.0 Å². The second kappa shape index (κ2) is 7.31. The predicted octanol–water partition coefficient (Wildman–Crippen LogP) is 1.94. The lowest BCUT2D eigenvalue weighted by atomic mass is 9.87. The lowest BCUT2D eigenvalue weighted by Crippen LogP contribution is -2.45. The number of hydrogen-bond donors (Lipinski definition) is 2. The van der Waals surface area contributed by atoms with Gasteiger partial charge in [-0.05, 0) is 31.2 Å². The lowest BCUT2D eigenvalue weighted by Gasteiger charge is -2.28. The van der Waals surface area contributed by atoms with Crippen LogP contribution in [0.4, 0.5) is 0 Å². The Kier molecular flexibility index (Phi) is 5.44. The summed E-state index contributed by atoms with van der Waals surface area (Å²) in [6.07, 6.45) is 9.13. The molecule has 0 bridgehead atoms. The first-order chi connectivity index (χ1) is 9.67. The van der Waals surface area contributed by atoms with Gasteiger partial charge in [0.2, 0.25) is 0 Å². The largest absolute Gasteiger partial charge is 0.355 e. The number of nitrogens with one attached hydrogen (secondary N) is 2. The standard InChI is InChI=1S/C15H27N5/c1-12-5-4-6-14(9-12)19-15(16-3)17-7-8-20-11-13(2)10-18-20/h10-12,14H,4-9H2,1-3H3,(H2,16,17,19). The number of aromatic nitrogens is 2. The fourth-order valence-electron chi connectivity index (χ4n) is 2.83. The Morgan fingerprint density at radius 3 is 3.00 bits per heavy atom. The molecule has 0 aliphatic heterocycles. The average molecular weight is 277 g/mol. The van der Waals surface area contributed by atoms with Crippen molar-refractivity contribution in [1.82, 2.24) is 20.4 Å². The molecule has 0 spiro atoms. The summed E-state index contributed by atoms with van der Waals surface area (Å²) in [6, 6.07) is 0.567. The minimum absolute atomic E-state index is 0.567. The summed E-state index contributed by atoms with van der Waals surface area (Å²) < 4.78 is 1.96. The van der Waals surface area contributed by atoms with Crippen molar-refractivity contribution in [3.8, 4) is 0 Å². The van der Waals surface area contributed by atoms with Crippen LogP contribution in [0.25, 0.3) is 0 Å². The summed E-state index contributed by atoms with van der Waals surface area (Å²) in [5, 5.41) is 11.2. The summed E-state index contributed by atoms with van der Waals surface area (Å²) in [5.74, 6) is 1.74. The summed E-state index contributed by atoms with van der Waals surface area (Å²) in [5.41, 5.74) is 1.20. The zero-order valence-electron chi connectivity index (χ0n) is 12.9. The van der Waals surface area contributed by atoms with Crippen LogP contribution in [0.5, 0.6) is 0 Å². The van der Waals surface area contributed by atoms with Crippen LogP contribution >= 0.6 is 0 Å². The topological polar surface area (TPSA) is 54.2 Å². The Balaban J connectivity index is 1.72. The summed E-state index contributed by atoms with van der Waals surface area (Å²) in [6.45, 7) is 6.09. The molecule has 1 aliphatic carbocycles. The molecule has 2 atom stereocenters. The maximum Gasteiger partial charge on any atom is 0.191 e. The third-order valence-corrected chi connectivity index (χ3v) is 3.90. The molecule has 2 N–H and O–H groups in total. The minimum atomic E-state index is 0.567. The van der Waals surface area contributed by atoms with Gasteiger partial charge in [-0.25, -0.2) is 0 Å². The molecule has 20 heavy (non-hydrogen) atoms. The highest BCUT2D eigenvalue weighted by Gasteiger charge is 2.19. The molecule has 5 heteroatoms. The molecule has 0 aromatic carbocycles. The van der Waals surface area contributed by atoms with Gasteiger partial charge in [0.05, 0.1) is 12.7 Å². The summed E-state index contributed by atoms with van der Waals surface area (Å²) in [4.78, 5) is 4.31. The Bertz CT molecular complexity index is 437. The van der Waals surface area contributed by atoms with Crippen LogP contribution in [0, 0.1) is 12.8 Å². The fraction of sp³-hybridized carbons (Fsp3) is 0.733. The third kappa shape index (κ3) is 4.54. The first kappa shape index (κ1) is 14.9. The minimum Gasteiger partial charge on any atom is -0.355 e. The van der Waals surface area contributed by atoms with Gasteiger partial charge in [-0.2, -0.15) is 5.10 Å². The molecule has 1 fully saturated rings. The zero-order valence-corrected chi connectivity index (χ0v) is 12.9. The van der Waals surface area contributed by atoms with Gasteiger partial charge in [0, 0.05) is 25.8 Å². The van der Waals surface area contributed by atoms with Gasteiger partial charge in [-0.3, -0.25) is 9.67 Å². The van der Waals surface area contributed by atoms with E-state index in [2.05, 4.69) is 40.8 Å². The van der Waals surface area contributed by atoms with E-state index in [4.69, 9.17) is 0 Å². The first-order valence-electron chi connectivity index (χ1n) is 7.63. The molecule has 1 aromatic heterocycles.